The summed E-state index contributed by atoms with van der Waals surface area (Å²) >= 11 is 0. The monoisotopic (exact) mass is 646 g/mol. The summed E-state index contributed by atoms with van der Waals surface area (Å²) in [4.78, 5) is 32.0. The summed E-state index contributed by atoms with van der Waals surface area (Å²) in [6.45, 7) is 4.19. The Morgan fingerprint density at radius 2 is 1.55 bits per heavy atom. The van der Waals surface area contributed by atoms with Crippen LogP contribution in [-0.4, -0.2) is 73.2 Å². The molecule has 1 atom stereocenters. The van der Waals surface area contributed by atoms with Gasteiger partial charge < -0.3 is 14.8 Å². The van der Waals surface area contributed by atoms with Crippen molar-refractivity contribution in [1.29, 1.82) is 0 Å². The minimum absolute atomic E-state index is 0.00654. The number of carboxylic acids is 1. The van der Waals surface area contributed by atoms with Crippen molar-refractivity contribution in [2.75, 3.05) is 26.3 Å². The number of aromatic nitrogens is 5. The van der Waals surface area contributed by atoms with E-state index in [1.807, 2.05) is 47.0 Å². The summed E-state index contributed by atoms with van der Waals surface area (Å²) in [5.74, 6) is -1.81. The number of hydrogen-bond acceptors (Lipinski definition) is 7. The Morgan fingerprint density at radius 3 is 2.21 bits per heavy atom. The molecule has 2 fully saturated rings. The lowest BCUT2D eigenvalue weighted by Gasteiger charge is -2.32. The Morgan fingerprint density at radius 1 is 0.894 bits per heavy atom. The van der Waals surface area contributed by atoms with Crippen molar-refractivity contribution in [3.05, 3.63) is 101 Å². The third-order valence-electron chi connectivity index (χ3n) is 8.47. The molecule has 2 aromatic heterocycles. The van der Waals surface area contributed by atoms with Crippen LogP contribution in [0.4, 0.5) is 13.2 Å². The molecule has 2 N–H and O–H groups in total. The number of carbonyl (C=O) groups is 1. The smallest absolute Gasteiger partial charge is 0.475 e. The molecule has 13 heteroatoms. The average Bonchev–Trinajstić information content (AvgIpc) is 3.74. The van der Waals surface area contributed by atoms with E-state index < -0.39 is 12.1 Å². The zero-order valence-corrected chi connectivity index (χ0v) is 25.4. The number of imidazole rings is 1. The van der Waals surface area contributed by atoms with Gasteiger partial charge in [0.05, 0.1) is 17.6 Å². The predicted molar refractivity (Wildman–Crippen MR) is 169 cm³/mol. The van der Waals surface area contributed by atoms with E-state index in [1.165, 1.54) is 5.56 Å². The Balaban J connectivity index is 0.000000499. The zero-order valence-electron chi connectivity index (χ0n) is 25.4. The van der Waals surface area contributed by atoms with Crippen molar-refractivity contribution in [3.8, 4) is 22.5 Å². The van der Waals surface area contributed by atoms with E-state index in [2.05, 4.69) is 56.5 Å². The Hall–Kier alpha value is -4.88. The molecule has 47 heavy (non-hydrogen) atoms. The van der Waals surface area contributed by atoms with Crippen LogP contribution in [0.25, 0.3) is 33.5 Å². The van der Waals surface area contributed by atoms with Crippen LogP contribution < -0.4 is 5.69 Å². The summed E-state index contributed by atoms with van der Waals surface area (Å²) in [5, 5.41) is 16.3. The molecule has 1 unspecified atom stereocenters. The van der Waals surface area contributed by atoms with Crippen LogP contribution >= 0.6 is 0 Å². The van der Waals surface area contributed by atoms with Crippen LogP contribution in [-0.2, 0) is 16.1 Å². The fourth-order valence-corrected chi connectivity index (χ4v) is 6.04. The number of aromatic amines is 1. The lowest BCUT2D eigenvalue weighted by atomic mass is 10.0. The number of rotatable bonds is 6. The van der Waals surface area contributed by atoms with Gasteiger partial charge in [-0.25, -0.2) is 14.6 Å². The second kappa shape index (κ2) is 13.9. The summed E-state index contributed by atoms with van der Waals surface area (Å²) in [7, 11) is 0. The van der Waals surface area contributed by atoms with E-state index in [1.54, 1.807) is 0 Å². The number of carboxylic acid groups (broad SMARTS) is 1. The van der Waals surface area contributed by atoms with Gasteiger partial charge in [-0.3, -0.25) is 9.47 Å². The van der Waals surface area contributed by atoms with Crippen molar-refractivity contribution in [1.82, 2.24) is 29.6 Å². The normalized spacial score (nSPS) is 17.4. The van der Waals surface area contributed by atoms with Crippen molar-refractivity contribution in [2.45, 2.75) is 43.9 Å². The molecule has 2 aliphatic rings. The molecular weight excluding hydrogens is 613 g/mol. The second-order valence-corrected chi connectivity index (χ2v) is 11.6. The fourth-order valence-electron chi connectivity index (χ4n) is 6.04. The summed E-state index contributed by atoms with van der Waals surface area (Å²) in [6, 6.07) is 27.0. The van der Waals surface area contributed by atoms with Gasteiger partial charge in [0.15, 0.2) is 5.82 Å². The maximum atomic E-state index is 12.6. The number of piperidine rings is 1. The number of para-hydroxylation sites is 2. The van der Waals surface area contributed by atoms with Crippen LogP contribution in [0.1, 0.15) is 42.6 Å². The minimum Gasteiger partial charge on any atom is -0.475 e. The molecule has 5 aromatic rings. The number of likely N-dealkylation sites (tertiary alicyclic amines) is 1. The van der Waals surface area contributed by atoms with Gasteiger partial charge in [-0.1, -0.05) is 66.7 Å². The zero-order chi connectivity index (χ0) is 33.0. The molecule has 0 radical (unpaired) electrons. The molecule has 7 rings (SSSR count). The molecule has 4 heterocycles. The van der Waals surface area contributed by atoms with Crippen molar-refractivity contribution in [3.63, 3.8) is 0 Å². The quantitative estimate of drug-likeness (QED) is 0.236. The van der Waals surface area contributed by atoms with Gasteiger partial charge in [0.2, 0.25) is 0 Å². The van der Waals surface area contributed by atoms with Gasteiger partial charge in [-0.2, -0.15) is 13.2 Å². The Labute approximate surface area is 267 Å². The number of benzene rings is 3. The molecular formula is C34H33F3N6O4. The SMILES string of the molecule is O=C(O)C(F)(F)F.O=c1[nH]c2ccccc2n1C1CCN(Cc2ccc(-c3nc(C4CCOC4)nnc3-c3ccccc3)cc2)CC1. The molecule has 3 aromatic carbocycles. The number of hydrogen-bond donors (Lipinski definition) is 2. The number of H-pyrrole nitrogens is 1. The highest BCUT2D eigenvalue weighted by molar-refractivity contribution is 5.77. The number of fused-ring (bicyclic) bond motifs is 1. The van der Waals surface area contributed by atoms with Gasteiger partial charge in [-0.15, -0.1) is 10.2 Å². The first-order valence-electron chi connectivity index (χ1n) is 15.4. The molecule has 0 spiro atoms. The van der Waals surface area contributed by atoms with Crippen LogP contribution in [0.15, 0.2) is 83.7 Å². The molecule has 0 aliphatic carbocycles. The Bertz CT molecular complexity index is 1880. The molecule has 10 nitrogen and oxygen atoms in total. The first-order valence-corrected chi connectivity index (χ1v) is 15.4. The number of halogens is 3. The van der Waals surface area contributed by atoms with Crippen LogP contribution in [0.3, 0.4) is 0 Å². The standard InChI is InChI=1S/C32H32N6O2.C2HF3O2/c39-32-33-27-8-4-5-9-28(27)38(32)26-14-17-37(18-15-26)20-22-10-12-24(13-11-22)29-30(23-6-2-1-3-7-23)35-36-31(34-29)25-16-19-40-21-25;3-2(4,5)1(6)7/h1-13,25-26H,14-21H2,(H,33,39);(H,6,7). The van der Waals surface area contributed by atoms with Crippen molar-refractivity contribution >= 4 is 17.0 Å². The second-order valence-electron chi connectivity index (χ2n) is 11.6. The van der Waals surface area contributed by atoms with Crippen molar-refractivity contribution < 1.29 is 27.8 Å². The molecule has 2 aliphatic heterocycles. The van der Waals surface area contributed by atoms with Gasteiger partial charge in [0.25, 0.3) is 0 Å². The summed E-state index contributed by atoms with van der Waals surface area (Å²) in [6.07, 6.45) is -2.24. The first-order chi connectivity index (χ1) is 22.7. The maximum Gasteiger partial charge on any atom is 0.490 e. The number of nitrogens with zero attached hydrogens (tertiary/aromatic N) is 5. The number of alkyl halides is 3. The topological polar surface area (TPSA) is 126 Å². The first kappa shape index (κ1) is 32.1. The highest BCUT2D eigenvalue weighted by Crippen LogP contribution is 2.32. The van der Waals surface area contributed by atoms with Crippen molar-refractivity contribution in [2.24, 2.45) is 0 Å². The van der Waals surface area contributed by atoms with E-state index in [4.69, 9.17) is 19.6 Å². The number of ether oxygens (including phenoxy) is 1. The number of aliphatic carboxylic acids is 1. The molecule has 0 saturated carbocycles. The van der Waals surface area contributed by atoms with E-state index >= 15 is 0 Å². The molecule has 0 amide bonds. The third-order valence-corrected chi connectivity index (χ3v) is 8.47. The highest BCUT2D eigenvalue weighted by Gasteiger charge is 2.38. The van der Waals surface area contributed by atoms with E-state index in [0.29, 0.717) is 6.61 Å². The van der Waals surface area contributed by atoms with Gasteiger partial charge >= 0.3 is 17.8 Å². The van der Waals surface area contributed by atoms with E-state index in [9.17, 15) is 18.0 Å². The summed E-state index contributed by atoms with van der Waals surface area (Å²) in [5.41, 5.74) is 6.87. The number of nitrogens with one attached hydrogen (secondary N) is 1. The highest BCUT2D eigenvalue weighted by atomic mass is 19.4. The lowest BCUT2D eigenvalue weighted by molar-refractivity contribution is -0.192. The van der Waals surface area contributed by atoms with Gasteiger partial charge in [0.1, 0.15) is 11.4 Å². The minimum atomic E-state index is -5.08. The van der Waals surface area contributed by atoms with E-state index in [-0.39, 0.29) is 17.6 Å². The lowest BCUT2D eigenvalue weighted by Crippen LogP contribution is -2.36. The average molecular weight is 647 g/mol. The van der Waals surface area contributed by atoms with Crippen LogP contribution in [0, 0.1) is 0 Å². The Kier molecular flexibility index (Phi) is 9.45. The third kappa shape index (κ3) is 7.42. The maximum absolute atomic E-state index is 12.6. The van der Waals surface area contributed by atoms with E-state index in [0.717, 1.165) is 84.9 Å². The molecule has 2 saturated heterocycles. The van der Waals surface area contributed by atoms with Crippen LogP contribution in [0.2, 0.25) is 0 Å². The molecule has 244 valence electrons. The van der Waals surface area contributed by atoms with Gasteiger partial charge in [-0.05, 0) is 37.0 Å². The van der Waals surface area contributed by atoms with Crippen LogP contribution in [0.5, 0.6) is 0 Å². The van der Waals surface area contributed by atoms with Gasteiger partial charge in [0, 0.05) is 49.3 Å². The largest absolute Gasteiger partial charge is 0.490 e. The molecule has 0 bridgehead atoms. The predicted octanol–water partition coefficient (Wildman–Crippen LogP) is 5.82. The fraction of sp³-hybridized carbons (Fsp3) is 0.324. The summed E-state index contributed by atoms with van der Waals surface area (Å²) < 4.78 is 39.3.